The van der Waals surface area contributed by atoms with Crippen LogP contribution in [0.2, 0.25) is 0 Å². The molecule has 3 N–H and O–H groups in total. The predicted octanol–water partition coefficient (Wildman–Crippen LogP) is 3.16. The average molecular weight is 373 g/mol. The molecule has 0 aliphatic rings. The molecule has 2 rings (SSSR count). The molecular formula is C14H14BrFN2O2S. The summed E-state index contributed by atoms with van der Waals surface area (Å²) in [6.45, 7) is 2.33. The summed E-state index contributed by atoms with van der Waals surface area (Å²) < 4.78 is 36.3. The van der Waals surface area contributed by atoms with Crippen molar-refractivity contribution in [2.75, 3.05) is 5.32 Å². The van der Waals surface area contributed by atoms with Gasteiger partial charge >= 0.3 is 0 Å². The van der Waals surface area contributed by atoms with Gasteiger partial charge in [-0.25, -0.2) is 17.9 Å². The van der Waals surface area contributed by atoms with Crippen LogP contribution in [-0.2, 0) is 16.6 Å². The number of halogens is 2. The van der Waals surface area contributed by atoms with Crippen LogP contribution in [0.15, 0.2) is 45.8 Å². The van der Waals surface area contributed by atoms with E-state index in [2.05, 4.69) is 21.2 Å². The average Bonchev–Trinajstić information content (AvgIpc) is 2.40. The van der Waals surface area contributed by atoms with Crippen molar-refractivity contribution in [2.45, 2.75) is 18.4 Å². The molecule has 4 nitrogen and oxygen atoms in total. The van der Waals surface area contributed by atoms with Gasteiger partial charge in [-0.3, -0.25) is 0 Å². The number of sulfonamides is 1. The van der Waals surface area contributed by atoms with Gasteiger partial charge in [0, 0.05) is 16.7 Å². The predicted molar refractivity (Wildman–Crippen MR) is 84.0 cm³/mol. The molecule has 0 aliphatic carbocycles. The summed E-state index contributed by atoms with van der Waals surface area (Å²) in [6, 6.07) is 9.05. The second-order valence-electron chi connectivity index (χ2n) is 4.61. The van der Waals surface area contributed by atoms with Crippen LogP contribution in [0, 0.1) is 12.7 Å². The lowest BCUT2D eigenvalue weighted by Gasteiger charge is -2.11. The lowest BCUT2D eigenvalue weighted by molar-refractivity contribution is 0.597. The third-order valence-corrected chi connectivity index (χ3v) is 4.62. The molecule has 0 unspecified atom stereocenters. The highest BCUT2D eigenvalue weighted by molar-refractivity contribution is 9.10. The second-order valence-corrected chi connectivity index (χ2v) is 7.03. The van der Waals surface area contributed by atoms with Gasteiger partial charge in [0.25, 0.3) is 0 Å². The molecule has 0 spiro atoms. The van der Waals surface area contributed by atoms with Gasteiger partial charge in [0.05, 0.1) is 4.90 Å². The Hall–Kier alpha value is -1.44. The highest BCUT2D eigenvalue weighted by Gasteiger charge is 2.10. The van der Waals surface area contributed by atoms with Gasteiger partial charge in [-0.05, 0) is 64.3 Å². The lowest BCUT2D eigenvalue weighted by atomic mass is 10.1. The van der Waals surface area contributed by atoms with Crippen LogP contribution in [0.5, 0.6) is 0 Å². The fourth-order valence-electron chi connectivity index (χ4n) is 1.84. The largest absolute Gasteiger partial charge is 0.380 e. The van der Waals surface area contributed by atoms with E-state index >= 15 is 0 Å². The topological polar surface area (TPSA) is 72.2 Å². The third kappa shape index (κ3) is 4.03. The summed E-state index contributed by atoms with van der Waals surface area (Å²) in [4.78, 5) is 0.0295. The molecule has 0 radical (unpaired) electrons. The van der Waals surface area contributed by atoms with Crippen molar-refractivity contribution in [3.8, 4) is 0 Å². The molecule has 0 bridgehead atoms. The van der Waals surface area contributed by atoms with Crippen LogP contribution in [0.4, 0.5) is 10.1 Å². The molecule has 7 heteroatoms. The molecule has 0 saturated carbocycles. The third-order valence-electron chi connectivity index (χ3n) is 3.05. The van der Waals surface area contributed by atoms with E-state index in [-0.39, 0.29) is 10.7 Å². The fourth-order valence-corrected chi connectivity index (χ4v) is 3.05. The first-order valence-electron chi connectivity index (χ1n) is 6.08. The summed E-state index contributed by atoms with van der Waals surface area (Å²) in [5.74, 6) is -0.291. The maximum absolute atomic E-state index is 13.2. The van der Waals surface area contributed by atoms with E-state index in [9.17, 15) is 12.8 Å². The Kier molecular flexibility index (Phi) is 4.65. The minimum Gasteiger partial charge on any atom is -0.380 e. The molecule has 0 aliphatic heterocycles. The number of primary sulfonamides is 1. The Labute approximate surface area is 131 Å². The SMILES string of the molecule is Cc1ccc(F)cc1CNc1ccc(S(N)(=O)=O)cc1Br. The maximum Gasteiger partial charge on any atom is 0.238 e. The number of anilines is 1. The van der Waals surface area contributed by atoms with E-state index in [4.69, 9.17) is 5.14 Å². The van der Waals surface area contributed by atoms with Gasteiger partial charge in [0.1, 0.15) is 5.82 Å². The fraction of sp³-hybridized carbons (Fsp3) is 0.143. The van der Waals surface area contributed by atoms with E-state index in [0.717, 1.165) is 11.1 Å². The van der Waals surface area contributed by atoms with Crippen LogP contribution in [0.25, 0.3) is 0 Å². The maximum atomic E-state index is 13.2. The van der Waals surface area contributed by atoms with Crippen molar-refractivity contribution >= 4 is 31.6 Å². The zero-order valence-electron chi connectivity index (χ0n) is 11.2. The Morgan fingerprint density at radius 1 is 1.24 bits per heavy atom. The summed E-state index contributed by atoms with van der Waals surface area (Å²) >= 11 is 3.29. The number of nitrogens with one attached hydrogen (secondary N) is 1. The number of rotatable bonds is 4. The zero-order valence-corrected chi connectivity index (χ0v) is 13.6. The summed E-state index contributed by atoms with van der Waals surface area (Å²) in [5.41, 5.74) is 2.50. The molecule has 2 aromatic rings. The summed E-state index contributed by atoms with van der Waals surface area (Å²) in [5, 5.41) is 8.19. The number of aryl methyl sites for hydroxylation is 1. The van der Waals surface area contributed by atoms with Crippen molar-refractivity contribution in [3.63, 3.8) is 0 Å². The first kappa shape index (κ1) is 15.9. The Morgan fingerprint density at radius 2 is 1.95 bits per heavy atom. The highest BCUT2D eigenvalue weighted by atomic mass is 79.9. The van der Waals surface area contributed by atoms with E-state index < -0.39 is 10.0 Å². The van der Waals surface area contributed by atoms with E-state index in [1.807, 2.05) is 6.92 Å². The summed E-state index contributed by atoms with van der Waals surface area (Å²) in [6.07, 6.45) is 0. The molecule has 2 aromatic carbocycles. The Morgan fingerprint density at radius 3 is 2.57 bits per heavy atom. The molecule has 0 aromatic heterocycles. The first-order chi connectivity index (χ1) is 9.77. The molecule has 0 amide bonds. The van der Waals surface area contributed by atoms with Crippen LogP contribution in [0.3, 0.4) is 0 Å². The van der Waals surface area contributed by atoms with Crippen LogP contribution < -0.4 is 10.5 Å². The van der Waals surface area contributed by atoms with E-state index in [1.54, 1.807) is 12.1 Å². The van der Waals surface area contributed by atoms with Gasteiger partial charge in [0.2, 0.25) is 10.0 Å². The first-order valence-corrected chi connectivity index (χ1v) is 8.42. The second kappa shape index (κ2) is 6.13. The molecule has 21 heavy (non-hydrogen) atoms. The number of benzene rings is 2. The Balaban J connectivity index is 2.19. The van der Waals surface area contributed by atoms with Crippen molar-refractivity contribution in [1.82, 2.24) is 0 Å². The van der Waals surface area contributed by atoms with Gasteiger partial charge in [0.15, 0.2) is 0 Å². The monoisotopic (exact) mass is 372 g/mol. The van der Waals surface area contributed by atoms with Crippen molar-refractivity contribution < 1.29 is 12.8 Å². The van der Waals surface area contributed by atoms with Crippen molar-refractivity contribution in [1.29, 1.82) is 0 Å². The molecule has 112 valence electrons. The van der Waals surface area contributed by atoms with Gasteiger partial charge < -0.3 is 5.32 Å². The van der Waals surface area contributed by atoms with E-state index in [1.165, 1.54) is 24.3 Å². The summed E-state index contributed by atoms with van der Waals surface area (Å²) in [7, 11) is -3.73. The van der Waals surface area contributed by atoms with Gasteiger partial charge in [-0.1, -0.05) is 6.07 Å². The standard InChI is InChI=1S/C14H14BrFN2O2S/c1-9-2-3-11(16)6-10(9)8-18-14-5-4-12(7-13(14)15)21(17,19)20/h2-7,18H,8H2,1H3,(H2,17,19,20). The van der Waals surface area contributed by atoms with Crippen LogP contribution in [0.1, 0.15) is 11.1 Å². The Bertz CT molecular complexity index is 779. The van der Waals surface area contributed by atoms with Crippen LogP contribution >= 0.6 is 15.9 Å². The number of nitrogens with two attached hydrogens (primary N) is 1. The number of hydrogen-bond donors (Lipinski definition) is 2. The molecule has 0 fully saturated rings. The molecule has 0 atom stereocenters. The highest BCUT2D eigenvalue weighted by Crippen LogP contribution is 2.26. The normalized spacial score (nSPS) is 11.4. The molecule has 0 saturated heterocycles. The van der Waals surface area contributed by atoms with Gasteiger partial charge in [-0.15, -0.1) is 0 Å². The van der Waals surface area contributed by atoms with Crippen LogP contribution in [-0.4, -0.2) is 8.42 Å². The van der Waals surface area contributed by atoms with E-state index in [0.29, 0.717) is 16.7 Å². The number of hydrogen-bond acceptors (Lipinski definition) is 3. The smallest absolute Gasteiger partial charge is 0.238 e. The minimum absolute atomic E-state index is 0.0295. The zero-order chi connectivity index (χ0) is 15.6. The lowest BCUT2D eigenvalue weighted by Crippen LogP contribution is -2.12. The minimum atomic E-state index is -3.73. The van der Waals surface area contributed by atoms with Crippen molar-refractivity contribution in [2.24, 2.45) is 5.14 Å². The van der Waals surface area contributed by atoms with Gasteiger partial charge in [-0.2, -0.15) is 0 Å². The molecule has 0 heterocycles. The van der Waals surface area contributed by atoms with Crippen molar-refractivity contribution in [3.05, 3.63) is 57.8 Å². The quantitative estimate of drug-likeness (QED) is 0.865. The molecular weight excluding hydrogens is 359 g/mol.